The van der Waals surface area contributed by atoms with Gasteiger partial charge < -0.3 is 69.1 Å². The van der Waals surface area contributed by atoms with Crippen molar-refractivity contribution in [1.82, 2.24) is 6.15 Å². The fraction of sp³-hybridized carbons (Fsp3) is 0.811. The molecule has 32 heteroatoms. The van der Waals surface area contributed by atoms with Crippen molar-refractivity contribution in [2.24, 2.45) is 11.5 Å². The van der Waals surface area contributed by atoms with Crippen LogP contribution >= 0.6 is 194 Å². The van der Waals surface area contributed by atoms with Crippen molar-refractivity contribution in [3.05, 3.63) is 35.9 Å². The summed E-state index contributed by atoms with van der Waals surface area (Å²) < 4.78 is 4.73. The minimum absolute atomic E-state index is 0. The van der Waals surface area contributed by atoms with E-state index in [2.05, 4.69) is 106 Å². The Morgan fingerprint density at radius 1 is 0.710 bits per heavy atom. The van der Waals surface area contributed by atoms with Crippen LogP contribution in [0.25, 0.3) is 0 Å². The number of rotatable bonds is 29. The normalized spacial score (nSPS) is 13.0. The standard InChI is InChI=1S/C10H22S7.C8H18O4S3.C7H8.C5H11ClO2S.C3H5ClO.C2H6OS.CH4N2S.CH4.H3N.3Na.2H2O.H2S/c11-1-3-16-9(5-13)7-15-8-10(6-14)17-4-2-12;9-1-3-14-7(11)5-13-6-8(12)15-4-2-10;1-7-5-3-2-4-6-7;6-3-5(8)4-9-2-1-7;4-1-3-2-5-3;3-1-2-4;2-1(3)4;;;;;;;;/h9-14H,1-8H2;7-12H,1-6H2;2-6H,1H3;5,7-8H,1-4H2;3H,1-2H2;3-4H,1-2H2;(H4,2,3,4);1H4;1H3;;;;3*1H2/q;;;;;;;;;;;+1;;;/p-1. The maximum absolute atomic E-state index is 9.37. The molecule has 0 aliphatic carbocycles. The van der Waals surface area contributed by atoms with E-state index in [1.807, 2.05) is 53.5 Å². The summed E-state index contributed by atoms with van der Waals surface area (Å²) in [7, 11) is 0. The van der Waals surface area contributed by atoms with Gasteiger partial charge in [-0.25, -0.2) is 0 Å². The molecule has 1 aromatic carbocycles. The summed E-state index contributed by atoms with van der Waals surface area (Å²) in [5.41, 5.74) is 9.59. The molecule has 0 bridgehead atoms. The molecular formula is C37H86Cl2N3Na3O10S14. The summed E-state index contributed by atoms with van der Waals surface area (Å²) in [4.78, 5) is 0. The summed E-state index contributed by atoms with van der Waals surface area (Å²) in [5.74, 6) is 13.4. The van der Waals surface area contributed by atoms with Crippen LogP contribution in [-0.2, 0) is 4.74 Å². The Balaban J connectivity index is -0.0000000569. The fourth-order valence-corrected chi connectivity index (χ4v) is 11.8. The molecule has 1 aromatic rings. The second kappa shape index (κ2) is 93.9. The van der Waals surface area contributed by atoms with Gasteiger partial charge in [0.1, 0.15) is 10.9 Å². The molecule has 17 N–H and O–H groups in total. The van der Waals surface area contributed by atoms with Gasteiger partial charge in [-0.3, -0.25) is 0 Å². The van der Waals surface area contributed by atoms with Crippen LogP contribution in [0, 0.1) is 6.92 Å². The second-order valence-corrected chi connectivity index (χ2v) is 23.0. The number of aryl methyl sites for hydroxylation is 1. The monoisotopic (exact) mass is 1320 g/mol. The molecule has 0 spiro atoms. The van der Waals surface area contributed by atoms with E-state index in [0.29, 0.717) is 62.8 Å². The molecule has 0 saturated carbocycles. The van der Waals surface area contributed by atoms with E-state index in [9.17, 15) is 10.2 Å². The maximum Gasteiger partial charge on any atom is -0.870 e. The SMILES string of the molecule is C.Cc1ccccc1.ClCC1CO1.N.NC(N)=S.O.OCCS.OCCSC(O)CSCC(O)SCCO.OCCSCC(O)CCl.S.SCCSC(CS)CSCC(CS)SCCS.[Na+].[Na][Na].[OH-]. The van der Waals surface area contributed by atoms with Crippen molar-refractivity contribution in [3.8, 4) is 0 Å². The molecule has 13 nitrogen and oxygen atoms in total. The van der Waals surface area contributed by atoms with Crippen LogP contribution in [-0.4, -0.2) is 260 Å². The van der Waals surface area contributed by atoms with Gasteiger partial charge in [0.25, 0.3) is 0 Å². The first kappa shape index (κ1) is 104. The van der Waals surface area contributed by atoms with Crippen LogP contribution in [0.5, 0.6) is 0 Å². The molecule has 1 fully saturated rings. The van der Waals surface area contributed by atoms with Crippen molar-refractivity contribution in [2.45, 2.75) is 47.9 Å². The van der Waals surface area contributed by atoms with E-state index in [-0.39, 0.29) is 105 Å². The average molecular weight is 1320 g/mol. The van der Waals surface area contributed by atoms with Crippen LogP contribution in [0.1, 0.15) is 13.0 Å². The smallest absolute Gasteiger partial charge is 0.870 e. The Bertz CT molecular complexity index is 958. The fourth-order valence-electron chi connectivity index (χ4n) is 2.84. The number of thioether (sulfide) groups is 7. The van der Waals surface area contributed by atoms with E-state index < -0.39 is 17.0 Å². The van der Waals surface area contributed by atoms with Crippen molar-refractivity contribution >= 4 is 243 Å². The minimum Gasteiger partial charge on any atom is -0.870 e. The number of aliphatic hydroxyl groups is 7. The van der Waals surface area contributed by atoms with Gasteiger partial charge in [0.15, 0.2) is 5.11 Å². The van der Waals surface area contributed by atoms with Crippen molar-refractivity contribution in [3.63, 3.8) is 0 Å². The first-order chi connectivity index (χ1) is 30.3. The third kappa shape index (κ3) is 111. The Kier molecular flexibility index (Phi) is 142. The zero-order valence-corrected chi connectivity index (χ0v) is 59.5. The van der Waals surface area contributed by atoms with Gasteiger partial charge in [-0.1, -0.05) is 43.3 Å². The number of hydrogen-bond donors (Lipinski definition) is 15. The molecular weight excluding hydrogens is 1240 g/mol. The molecule has 1 heterocycles. The van der Waals surface area contributed by atoms with Gasteiger partial charge in [0.2, 0.25) is 0 Å². The maximum atomic E-state index is 9.37. The molecule has 6 unspecified atom stereocenters. The summed E-state index contributed by atoms with van der Waals surface area (Å²) in [6.45, 7) is 3.45. The quantitative estimate of drug-likeness (QED) is 0.0103. The second-order valence-electron chi connectivity index (χ2n) is 11.2. The van der Waals surface area contributed by atoms with E-state index in [0.717, 1.165) is 41.1 Å². The number of epoxide rings is 1. The van der Waals surface area contributed by atoms with Crippen LogP contribution in [0.3, 0.4) is 0 Å². The van der Waals surface area contributed by atoms with E-state index in [1.165, 1.54) is 108 Å². The van der Waals surface area contributed by atoms with Crippen LogP contribution < -0.4 is 47.2 Å². The van der Waals surface area contributed by atoms with Crippen LogP contribution in [0.4, 0.5) is 0 Å². The van der Waals surface area contributed by atoms with Gasteiger partial charge >= 0.3 is 73.2 Å². The molecule has 0 aromatic heterocycles. The number of thiol groups is 5. The molecule has 2 rings (SSSR count). The predicted molar refractivity (Wildman–Crippen MR) is 348 cm³/mol. The number of halogens is 2. The molecule has 0 amide bonds. The van der Waals surface area contributed by atoms with E-state index >= 15 is 0 Å². The van der Waals surface area contributed by atoms with Crippen molar-refractivity contribution < 1.29 is 81.0 Å². The summed E-state index contributed by atoms with van der Waals surface area (Å²) in [6.07, 6.45) is -0.0279. The van der Waals surface area contributed by atoms with E-state index in [4.69, 9.17) is 53.5 Å². The van der Waals surface area contributed by atoms with Crippen molar-refractivity contribution in [2.75, 3.05) is 131 Å². The molecule has 1 saturated heterocycles. The number of alkyl halides is 2. The molecule has 410 valence electrons. The molecule has 1 aliphatic rings. The Morgan fingerprint density at radius 2 is 1.07 bits per heavy atom. The summed E-state index contributed by atoms with van der Waals surface area (Å²) in [5, 5.41) is 62.1. The largest absolute Gasteiger partial charge is 0.870 e. The van der Waals surface area contributed by atoms with Gasteiger partial charge in [0, 0.05) is 91.2 Å². The third-order valence-corrected chi connectivity index (χ3v) is 17.6. The zero-order valence-electron chi connectivity index (χ0n) is 40.0. The zero-order chi connectivity index (χ0) is 49.4. The van der Waals surface area contributed by atoms with Crippen LogP contribution in [0.15, 0.2) is 30.3 Å². The number of thiocarbonyl (C=S) groups is 1. The summed E-state index contributed by atoms with van der Waals surface area (Å²) in [6, 6.07) is 10.3. The number of hydrogen-bond acceptors (Lipinski definition) is 23. The van der Waals surface area contributed by atoms with Gasteiger partial charge in [0.05, 0.1) is 51.1 Å². The first-order valence-corrected chi connectivity index (χ1v) is 40.1. The number of nitrogens with two attached hydrogens (primary N) is 2. The van der Waals surface area contributed by atoms with E-state index in [1.54, 1.807) is 0 Å². The first-order valence-electron chi connectivity index (χ1n) is 19.8. The Hall–Kier alpha value is 6.60. The summed E-state index contributed by atoms with van der Waals surface area (Å²) >= 11 is 50.1. The molecule has 1 aliphatic heterocycles. The van der Waals surface area contributed by atoms with Gasteiger partial charge in [-0.2, -0.15) is 135 Å². The third-order valence-electron chi connectivity index (χ3n) is 5.57. The van der Waals surface area contributed by atoms with Crippen LogP contribution in [0.2, 0.25) is 0 Å². The number of benzene rings is 1. The number of ether oxygens (including phenoxy) is 1. The van der Waals surface area contributed by atoms with Gasteiger partial charge in [-0.15, -0.1) is 46.7 Å². The molecule has 69 heavy (non-hydrogen) atoms. The Morgan fingerprint density at radius 3 is 1.30 bits per heavy atom. The topological polar surface area (TPSA) is 303 Å². The molecule has 6 atom stereocenters. The average Bonchev–Trinajstić information content (AvgIpc) is 4.14. The molecule has 0 radical (unpaired) electrons. The number of aliphatic hydroxyl groups excluding tert-OH is 7. The van der Waals surface area contributed by atoms with Gasteiger partial charge in [-0.05, 0) is 30.6 Å². The predicted octanol–water partition coefficient (Wildman–Crippen LogP) is 1.63. The Labute approximate surface area is 548 Å². The van der Waals surface area contributed by atoms with Crippen molar-refractivity contribution in [1.29, 1.82) is 0 Å². The minimum atomic E-state index is -0.489.